The summed E-state index contributed by atoms with van der Waals surface area (Å²) >= 11 is 0. The van der Waals surface area contributed by atoms with Crippen LogP contribution in [0, 0.1) is 5.92 Å². The molecule has 1 aromatic rings. The predicted octanol–water partition coefficient (Wildman–Crippen LogP) is 1.47. The van der Waals surface area contributed by atoms with Gasteiger partial charge >= 0.3 is 0 Å². The van der Waals surface area contributed by atoms with Gasteiger partial charge in [0.1, 0.15) is 12.2 Å². The highest BCUT2D eigenvalue weighted by molar-refractivity contribution is 4.83. The monoisotopic (exact) mass is 194 g/mol. The molecule has 14 heavy (non-hydrogen) atoms. The van der Waals surface area contributed by atoms with E-state index < -0.39 is 0 Å². The van der Waals surface area contributed by atoms with Crippen molar-refractivity contribution >= 4 is 0 Å². The Morgan fingerprint density at radius 1 is 1.57 bits per heavy atom. The fraction of sp³-hybridized carbons (Fsp3) is 0.800. The van der Waals surface area contributed by atoms with Crippen molar-refractivity contribution in [2.24, 2.45) is 5.92 Å². The van der Waals surface area contributed by atoms with Crippen LogP contribution in [0.3, 0.4) is 0 Å². The topological polar surface area (TPSA) is 53.6 Å². The number of aromatic nitrogens is 3. The molecule has 0 aliphatic heterocycles. The second-order valence-electron chi connectivity index (χ2n) is 4.15. The molecule has 0 spiro atoms. The molecule has 1 unspecified atom stereocenters. The van der Waals surface area contributed by atoms with E-state index in [2.05, 4.69) is 27.4 Å². The van der Waals surface area contributed by atoms with Crippen LogP contribution in [0.5, 0.6) is 0 Å². The minimum atomic E-state index is 0.600. The molecule has 1 saturated carbocycles. The third kappa shape index (κ3) is 2.32. The summed E-state index contributed by atoms with van der Waals surface area (Å²) in [4.78, 5) is 4.09. The maximum Gasteiger partial charge on any atom is 0.138 e. The van der Waals surface area contributed by atoms with Crippen LogP contribution in [0.25, 0.3) is 0 Å². The van der Waals surface area contributed by atoms with E-state index in [9.17, 15) is 0 Å². The highest BCUT2D eigenvalue weighted by Crippen LogP contribution is 2.27. The fourth-order valence-corrected chi connectivity index (χ4v) is 2.20. The van der Waals surface area contributed by atoms with Crippen LogP contribution < -0.4 is 5.32 Å². The fourth-order valence-electron chi connectivity index (χ4n) is 2.20. The lowest BCUT2D eigenvalue weighted by Gasteiger charge is -2.19. The average Bonchev–Trinajstić information content (AvgIpc) is 2.87. The SMILES string of the molecule is CC(NCc1ncn[nH]1)C1CCCC1. The van der Waals surface area contributed by atoms with Crippen LogP contribution in [-0.4, -0.2) is 21.2 Å². The van der Waals surface area contributed by atoms with Crippen LogP contribution >= 0.6 is 0 Å². The zero-order valence-corrected chi connectivity index (χ0v) is 8.66. The lowest BCUT2D eigenvalue weighted by Crippen LogP contribution is -2.32. The van der Waals surface area contributed by atoms with Gasteiger partial charge in [-0.05, 0) is 25.7 Å². The largest absolute Gasteiger partial charge is 0.307 e. The Kier molecular flexibility index (Phi) is 3.14. The van der Waals surface area contributed by atoms with E-state index in [1.807, 2.05) is 0 Å². The molecule has 4 nitrogen and oxygen atoms in total. The smallest absolute Gasteiger partial charge is 0.138 e. The molecule has 2 rings (SSSR count). The number of nitrogens with one attached hydrogen (secondary N) is 2. The van der Waals surface area contributed by atoms with E-state index in [1.54, 1.807) is 6.33 Å². The van der Waals surface area contributed by atoms with Gasteiger partial charge in [-0.25, -0.2) is 4.98 Å². The second-order valence-corrected chi connectivity index (χ2v) is 4.15. The summed E-state index contributed by atoms with van der Waals surface area (Å²) in [5.41, 5.74) is 0. The van der Waals surface area contributed by atoms with Gasteiger partial charge in [0.15, 0.2) is 0 Å². The number of aromatic amines is 1. The van der Waals surface area contributed by atoms with E-state index in [1.165, 1.54) is 25.7 Å². The molecule has 1 aromatic heterocycles. The minimum Gasteiger partial charge on any atom is -0.307 e. The maximum absolute atomic E-state index is 4.09. The average molecular weight is 194 g/mol. The minimum absolute atomic E-state index is 0.600. The first-order valence-electron chi connectivity index (χ1n) is 5.44. The molecule has 0 amide bonds. The van der Waals surface area contributed by atoms with Crippen LogP contribution in [-0.2, 0) is 6.54 Å². The summed E-state index contributed by atoms with van der Waals surface area (Å²) in [6.45, 7) is 3.07. The summed E-state index contributed by atoms with van der Waals surface area (Å²) in [7, 11) is 0. The molecule has 1 atom stereocenters. The molecule has 0 aromatic carbocycles. The molecule has 0 radical (unpaired) electrons. The Morgan fingerprint density at radius 3 is 3.00 bits per heavy atom. The van der Waals surface area contributed by atoms with Crippen molar-refractivity contribution in [3.05, 3.63) is 12.2 Å². The maximum atomic E-state index is 4.09. The molecule has 1 heterocycles. The third-order valence-electron chi connectivity index (χ3n) is 3.16. The number of rotatable bonds is 4. The van der Waals surface area contributed by atoms with Gasteiger partial charge in [-0.2, -0.15) is 5.10 Å². The molecule has 1 aliphatic carbocycles. The van der Waals surface area contributed by atoms with Gasteiger partial charge < -0.3 is 5.32 Å². The summed E-state index contributed by atoms with van der Waals surface area (Å²) in [6, 6.07) is 0.600. The lowest BCUT2D eigenvalue weighted by molar-refractivity contribution is 0.377. The Labute approximate surface area is 84.5 Å². The van der Waals surface area contributed by atoms with Crippen molar-refractivity contribution in [2.45, 2.75) is 45.2 Å². The van der Waals surface area contributed by atoms with Crippen LogP contribution in [0.4, 0.5) is 0 Å². The van der Waals surface area contributed by atoms with Crippen LogP contribution in [0.2, 0.25) is 0 Å². The van der Waals surface area contributed by atoms with Gasteiger partial charge in [0.2, 0.25) is 0 Å². The molecule has 2 N–H and O–H groups in total. The normalized spacial score (nSPS) is 20.1. The standard InChI is InChI=1S/C10H18N4/c1-8(9-4-2-3-5-9)11-6-10-12-7-13-14-10/h7-9,11H,2-6H2,1H3,(H,12,13,14). The number of H-pyrrole nitrogens is 1. The zero-order valence-electron chi connectivity index (χ0n) is 8.66. The van der Waals surface area contributed by atoms with Gasteiger partial charge in [-0.15, -0.1) is 0 Å². The highest BCUT2D eigenvalue weighted by Gasteiger charge is 2.20. The van der Waals surface area contributed by atoms with Gasteiger partial charge in [-0.1, -0.05) is 12.8 Å². The molecule has 1 fully saturated rings. The quantitative estimate of drug-likeness (QED) is 0.763. The van der Waals surface area contributed by atoms with Crippen molar-refractivity contribution in [1.82, 2.24) is 20.5 Å². The summed E-state index contributed by atoms with van der Waals surface area (Å²) in [5.74, 6) is 1.78. The highest BCUT2D eigenvalue weighted by atomic mass is 15.2. The van der Waals surface area contributed by atoms with Crippen LogP contribution in [0.15, 0.2) is 6.33 Å². The van der Waals surface area contributed by atoms with Crippen molar-refractivity contribution in [3.63, 3.8) is 0 Å². The number of nitrogens with zero attached hydrogens (tertiary/aromatic N) is 2. The second kappa shape index (κ2) is 4.55. The Morgan fingerprint density at radius 2 is 2.36 bits per heavy atom. The first kappa shape index (κ1) is 9.65. The Hall–Kier alpha value is -0.900. The lowest BCUT2D eigenvalue weighted by atomic mass is 10.00. The molecule has 0 bridgehead atoms. The first-order chi connectivity index (χ1) is 6.86. The molecule has 1 aliphatic rings. The molecule has 0 saturated heterocycles. The molecular weight excluding hydrogens is 176 g/mol. The Bertz CT molecular complexity index is 251. The Balaban J connectivity index is 1.74. The van der Waals surface area contributed by atoms with Gasteiger partial charge in [0, 0.05) is 6.04 Å². The van der Waals surface area contributed by atoms with Crippen molar-refractivity contribution in [3.8, 4) is 0 Å². The summed E-state index contributed by atoms with van der Waals surface area (Å²) < 4.78 is 0. The molecule has 78 valence electrons. The summed E-state index contributed by atoms with van der Waals surface area (Å²) in [5, 5.41) is 10.2. The zero-order chi connectivity index (χ0) is 9.80. The van der Waals surface area contributed by atoms with E-state index in [0.717, 1.165) is 18.3 Å². The van der Waals surface area contributed by atoms with E-state index >= 15 is 0 Å². The third-order valence-corrected chi connectivity index (χ3v) is 3.16. The van der Waals surface area contributed by atoms with Crippen LogP contribution in [0.1, 0.15) is 38.4 Å². The summed E-state index contributed by atoms with van der Waals surface area (Å²) in [6.07, 6.45) is 7.12. The first-order valence-corrected chi connectivity index (χ1v) is 5.44. The van der Waals surface area contributed by atoms with E-state index in [4.69, 9.17) is 0 Å². The van der Waals surface area contributed by atoms with Crippen molar-refractivity contribution in [1.29, 1.82) is 0 Å². The van der Waals surface area contributed by atoms with Gasteiger partial charge in [-0.3, -0.25) is 5.10 Å². The van der Waals surface area contributed by atoms with E-state index in [-0.39, 0.29) is 0 Å². The number of hydrogen-bond acceptors (Lipinski definition) is 3. The number of hydrogen-bond donors (Lipinski definition) is 2. The van der Waals surface area contributed by atoms with Crippen molar-refractivity contribution in [2.75, 3.05) is 0 Å². The molecular formula is C10H18N4. The van der Waals surface area contributed by atoms with E-state index in [0.29, 0.717) is 6.04 Å². The van der Waals surface area contributed by atoms with Gasteiger partial charge in [0.25, 0.3) is 0 Å². The predicted molar refractivity (Wildman–Crippen MR) is 54.6 cm³/mol. The molecule has 4 heteroatoms. The van der Waals surface area contributed by atoms with Gasteiger partial charge in [0.05, 0.1) is 6.54 Å². The van der Waals surface area contributed by atoms with Crippen molar-refractivity contribution < 1.29 is 0 Å².